The Balaban J connectivity index is 2.02. The van der Waals surface area contributed by atoms with Gasteiger partial charge in [0.2, 0.25) is 6.41 Å². The minimum absolute atomic E-state index is 0.335. The number of anilines is 1. The van der Waals surface area contributed by atoms with E-state index < -0.39 is 0 Å². The zero-order chi connectivity index (χ0) is 10.7. The second kappa shape index (κ2) is 3.88. The molecule has 0 atom stereocenters. The van der Waals surface area contributed by atoms with Crippen LogP contribution in [0.1, 0.15) is 19.8 Å². The van der Waals surface area contributed by atoms with Gasteiger partial charge in [-0.2, -0.15) is 0 Å². The Hall–Kier alpha value is -1.58. The first-order valence-electron chi connectivity index (χ1n) is 5.00. The summed E-state index contributed by atoms with van der Waals surface area (Å²) in [5.41, 5.74) is 0.957. The third-order valence-electron chi connectivity index (χ3n) is 2.68. The SMILES string of the molecule is CC1(COc2ccncc2NC=O)CC1. The van der Waals surface area contributed by atoms with E-state index in [-0.39, 0.29) is 0 Å². The van der Waals surface area contributed by atoms with Crippen molar-refractivity contribution < 1.29 is 9.53 Å². The highest BCUT2D eigenvalue weighted by atomic mass is 16.5. The van der Waals surface area contributed by atoms with E-state index in [4.69, 9.17) is 4.74 Å². The predicted molar refractivity (Wildman–Crippen MR) is 56.8 cm³/mol. The van der Waals surface area contributed by atoms with Crippen molar-refractivity contribution in [2.75, 3.05) is 11.9 Å². The fourth-order valence-electron chi connectivity index (χ4n) is 1.29. The average molecular weight is 206 g/mol. The first kappa shape index (κ1) is 9.96. The fourth-order valence-corrected chi connectivity index (χ4v) is 1.29. The molecule has 1 aromatic heterocycles. The van der Waals surface area contributed by atoms with E-state index in [1.807, 2.05) is 0 Å². The van der Waals surface area contributed by atoms with Gasteiger partial charge in [-0.15, -0.1) is 0 Å². The van der Waals surface area contributed by atoms with Crippen LogP contribution in [0.2, 0.25) is 0 Å². The van der Waals surface area contributed by atoms with Crippen molar-refractivity contribution in [3.8, 4) is 5.75 Å². The van der Waals surface area contributed by atoms with Crippen molar-refractivity contribution in [3.05, 3.63) is 18.5 Å². The average Bonchev–Trinajstić information content (AvgIpc) is 2.97. The Morgan fingerprint density at radius 2 is 2.47 bits per heavy atom. The minimum Gasteiger partial charge on any atom is -0.491 e. The molecule has 0 bridgehead atoms. The maximum atomic E-state index is 10.3. The molecule has 2 rings (SSSR count). The van der Waals surface area contributed by atoms with Gasteiger partial charge >= 0.3 is 0 Å². The second-order valence-corrected chi connectivity index (χ2v) is 4.23. The van der Waals surface area contributed by atoms with E-state index in [1.165, 1.54) is 12.8 Å². The molecule has 1 aliphatic carbocycles. The van der Waals surface area contributed by atoms with E-state index in [9.17, 15) is 4.79 Å². The lowest BCUT2D eigenvalue weighted by Gasteiger charge is -2.13. The fraction of sp³-hybridized carbons (Fsp3) is 0.455. The predicted octanol–water partition coefficient (Wildman–Crippen LogP) is 1.83. The van der Waals surface area contributed by atoms with Crippen LogP contribution in [0.3, 0.4) is 0 Å². The Kier molecular flexibility index (Phi) is 2.58. The number of ether oxygens (including phenoxy) is 1. The van der Waals surface area contributed by atoms with Crippen LogP contribution in [0.25, 0.3) is 0 Å². The zero-order valence-corrected chi connectivity index (χ0v) is 8.69. The smallest absolute Gasteiger partial charge is 0.211 e. The molecule has 1 amide bonds. The minimum atomic E-state index is 0.335. The number of nitrogens with zero attached hydrogens (tertiary/aromatic N) is 1. The van der Waals surface area contributed by atoms with Gasteiger partial charge in [0.1, 0.15) is 11.4 Å². The highest BCUT2D eigenvalue weighted by Gasteiger charge is 2.38. The number of carbonyl (C=O) groups excluding carboxylic acids is 1. The number of pyridine rings is 1. The number of rotatable bonds is 5. The molecule has 1 fully saturated rings. The third kappa shape index (κ3) is 2.46. The molecule has 0 unspecified atom stereocenters. The van der Waals surface area contributed by atoms with Crippen molar-refractivity contribution in [1.29, 1.82) is 0 Å². The number of carbonyl (C=O) groups is 1. The summed E-state index contributed by atoms with van der Waals surface area (Å²) >= 11 is 0. The Morgan fingerprint density at radius 3 is 3.13 bits per heavy atom. The van der Waals surface area contributed by atoms with E-state index in [1.54, 1.807) is 18.5 Å². The Bertz CT molecular complexity index is 361. The van der Waals surface area contributed by atoms with Gasteiger partial charge in [-0.25, -0.2) is 0 Å². The normalized spacial score (nSPS) is 16.9. The quantitative estimate of drug-likeness (QED) is 0.748. The maximum absolute atomic E-state index is 10.3. The summed E-state index contributed by atoms with van der Waals surface area (Å²) in [7, 11) is 0. The van der Waals surface area contributed by atoms with Crippen molar-refractivity contribution in [1.82, 2.24) is 4.98 Å². The maximum Gasteiger partial charge on any atom is 0.211 e. The van der Waals surface area contributed by atoms with Gasteiger partial charge in [0.05, 0.1) is 12.8 Å². The van der Waals surface area contributed by atoms with Crippen LogP contribution in [-0.4, -0.2) is 18.0 Å². The Morgan fingerprint density at radius 1 is 1.67 bits per heavy atom. The number of hydrogen-bond acceptors (Lipinski definition) is 3. The summed E-state index contributed by atoms with van der Waals surface area (Å²) in [6.45, 7) is 2.89. The van der Waals surface area contributed by atoms with Gasteiger partial charge < -0.3 is 10.1 Å². The molecule has 0 spiro atoms. The van der Waals surface area contributed by atoms with E-state index in [0.29, 0.717) is 29.9 Å². The summed E-state index contributed by atoms with van der Waals surface area (Å²) in [6, 6.07) is 1.76. The van der Waals surface area contributed by atoms with Crippen LogP contribution < -0.4 is 10.1 Å². The molecule has 0 aliphatic heterocycles. The van der Waals surface area contributed by atoms with Crippen molar-refractivity contribution in [3.63, 3.8) is 0 Å². The molecule has 1 aromatic rings. The molecule has 1 heterocycles. The molecular formula is C11H14N2O2. The van der Waals surface area contributed by atoms with Gasteiger partial charge in [0.25, 0.3) is 0 Å². The van der Waals surface area contributed by atoms with Crippen molar-refractivity contribution >= 4 is 12.1 Å². The lowest BCUT2D eigenvalue weighted by Crippen LogP contribution is -2.10. The number of aromatic nitrogens is 1. The number of amides is 1. The summed E-state index contributed by atoms with van der Waals surface area (Å²) in [5, 5.41) is 2.56. The van der Waals surface area contributed by atoms with Crippen molar-refractivity contribution in [2.45, 2.75) is 19.8 Å². The summed E-state index contributed by atoms with van der Waals surface area (Å²) < 4.78 is 5.66. The summed E-state index contributed by atoms with van der Waals surface area (Å²) in [5.74, 6) is 0.685. The molecule has 80 valence electrons. The topological polar surface area (TPSA) is 51.2 Å². The first-order chi connectivity index (χ1) is 7.23. The molecule has 15 heavy (non-hydrogen) atoms. The summed E-state index contributed by atoms with van der Waals surface area (Å²) in [4.78, 5) is 14.3. The van der Waals surface area contributed by atoms with Gasteiger partial charge in [-0.3, -0.25) is 9.78 Å². The lowest BCUT2D eigenvalue weighted by atomic mass is 10.2. The van der Waals surface area contributed by atoms with E-state index in [0.717, 1.165) is 0 Å². The van der Waals surface area contributed by atoms with Gasteiger partial charge in [-0.05, 0) is 12.8 Å². The molecule has 1 N–H and O–H groups in total. The largest absolute Gasteiger partial charge is 0.491 e. The molecule has 0 saturated heterocycles. The molecule has 1 aliphatic rings. The third-order valence-corrected chi connectivity index (χ3v) is 2.68. The lowest BCUT2D eigenvalue weighted by molar-refractivity contribution is -0.105. The van der Waals surface area contributed by atoms with Gasteiger partial charge in [-0.1, -0.05) is 6.92 Å². The zero-order valence-electron chi connectivity index (χ0n) is 8.69. The standard InChI is InChI=1S/C11H14N2O2/c1-11(3-4-11)7-15-10-2-5-12-6-9(10)13-8-14/h2,5-6,8H,3-4,7H2,1H3,(H,13,14). The Labute approximate surface area is 88.7 Å². The van der Waals surface area contributed by atoms with Crippen LogP contribution in [0.15, 0.2) is 18.5 Å². The summed E-state index contributed by atoms with van der Waals surface area (Å²) in [6.07, 6.45) is 6.30. The van der Waals surface area contributed by atoms with Gasteiger partial charge in [0, 0.05) is 17.7 Å². The molecule has 1 saturated carbocycles. The highest BCUT2D eigenvalue weighted by molar-refractivity contribution is 5.74. The number of hydrogen-bond donors (Lipinski definition) is 1. The molecular weight excluding hydrogens is 192 g/mol. The van der Waals surface area contributed by atoms with E-state index in [2.05, 4.69) is 17.2 Å². The second-order valence-electron chi connectivity index (χ2n) is 4.23. The molecule has 4 heteroatoms. The van der Waals surface area contributed by atoms with Crippen LogP contribution in [-0.2, 0) is 4.79 Å². The molecule has 0 aromatic carbocycles. The molecule has 0 radical (unpaired) electrons. The van der Waals surface area contributed by atoms with Crippen LogP contribution >= 0.6 is 0 Å². The monoisotopic (exact) mass is 206 g/mol. The number of nitrogens with one attached hydrogen (secondary N) is 1. The highest BCUT2D eigenvalue weighted by Crippen LogP contribution is 2.45. The molecule has 4 nitrogen and oxygen atoms in total. The van der Waals surface area contributed by atoms with E-state index >= 15 is 0 Å². The van der Waals surface area contributed by atoms with Crippen molar-refractivity contribution in [2.24, 2.45) is 5.41 Å². The first-order valence-corrected chi connectivity index (χ1v) is 5.00. The van der Waals surface area contributed by atoms with Crippen LogP contribution in [0.4, 0.5) is 5.69 Å². The van der Waals surface area contributed by atoms with Gasteiger partial charge in [0.15, 0.2) is 0 Å². The van der Waals surface area contributed by atoms with Crippen LogP contribution in [0.5, 0.6) is 5.75 Å². The van der Waals surface area contributed by atoms with Crippen LogP contribution in [0, 0.1) is 5.41 Å².